The molecule has 0 atom stereocenters. The zero-order chi connectivity index (χ0) is 17.0. The zero-order valence-electron chi connectivity index (χ0n) is 14.5. The van der Waals surface area contributed by atoms with Gasteiger partial charge >= 0.3 is 0 Å². The van der Waals surface area contributed by atoms with Gasteiger partial charge in [0.1, 0.15) is 11.3 Å². The van der Waals surface area contributed by atoms with Gasteiger partial charge in [0.05, 0.1) is 5.69 Å². The molecule has 0 unspecified atom stereocenters. The predicted octanol–water partition coefficient (Wildman–Crippen LogP) is 4.62. The number of nitrogens with zero attached hydrogens (tertiary/aromatic N) is 3. The van der Waals surface area contributed by atoms with Crippen molar-refractivity contribution in [2.75, 3.05) is 13.1 Å². The highest BCUT2D eigenvalue weighted by Gasteiger charge is 2.23. The Labute approximate surface area is 147 Å². The lowest BCUT2D eigenvalue weighted by atomic mass is 10.2. The van der Waals surface area contributed by atoms with Crippen molar-refractivity contribution in [3.8, 4) is 0 Å². The van der Waals surface area contributed by atoms with Crippen molar-refractivity contribution in [3.63, 3.8) is 0 Å². The molecule has 0 aromatic carbocycles. The molecule has 0 aliphatic rings. The number of imidazole rings is 1. The minimum Gasteiger partial charge on any atom is -0.338 e. The third kappa shape index (κ3) is 3.77. The van der Waals surface area contributed by atoms with Gasteiger partial charge in [-0.2, -0.15) is 0 Å². The quantitative estimate of drug-likeness (QED) is 0.703. The van der Waals surface area contributed by atoms with E-state index >= 15 is 0 Å². The highest BCUT2D eigenvalue weighted by Crippen LogP contribution is 2.23. The Balaban J connectivity index is 2.55. The van der Waals surface area contributed by atoms with Crippen LogP contribution in [0.1, 0.15) is 61.8 Å². The SMILES string of the molecule is CCCCN(CC)C(=O)c1c(CCC)nc2c(C)cc(Br)cn12. The van der Waals surface area contributed by atoms with Gasteiger partial charge in [0.25, 0.3) is 5.91 Å². The van der Waals surface area contributed by atoms with Crippen molar-refractivity contribution in [1.82, 2.24) is 14.3 Å². The predicted molar refractivity (Wildman–Crippen MR) is 98.1 cm³/mol. The number of carbonyl (C=O) groups is 1. The van der Waals surface area contributed by atoms with Crippen LogP contribution in [0.5, 0.6) is 0 Å². The fourth-order valence-electron chi connectivity index (χ4n) is 2.86. The Kier molecular flexibility index (Phi) is 6.22. The van der Waals surface area contributed by atoms with E-state index < -0.39 is 0 Å². The standard InChI is InChI=1S/C18H26BrN3O/c1-5-8-10-21(7-3)18(23)16-15(9-6-2)20-17-13(4)11-14(19)12-22(16)17/h11-12H,5-10H2,1-4H3. The molecule has 1 amide bonds. The zero-order valence-corrected chi connectivity index (χ0v) is 16.1. The monoisotopic (exact) mass is 379 g/mol. The fourth-order valence-corrected chi connectivity index (χ4v) is 3.40. The maximum absolute atomic E-state index is 13.1. The smallest absolute Gasteiger partial charge is 0.272 e. The van der Waals surface area contributed by atoms with E-state index in [-0.39, 0.29) is 5.91 Å². The molecule has 0 aliphatic heterocycles. The van der Waals surface area contributed by atoms with E-state index in [1.54, 1.807) is 0 Å². The summed E-state index contributed by atoms with van der Waals surface area (Å²) in [6.45, 7) is 9.87. The van der Waals surface area contributed by atoms with Crippen LogP contribution in [-0.4, -0.2) is 33.3 Å². The average Bonchev–Trinajstić information content (AvgIpc) is 2.86. The van der Waals surface area contributed by atoms with Crippen molar-refractivity contribution >= 4 is 27.5 Å². The Morgan fingerprint density at radius 2 is 2.04 bits per heavy atom. The number of halogens is 1. The average molecular weight is 380 g/mol. The third-order valence-electron chi connectivity index (χ3n) is 4.08. The Bertz CT molecular complexity index is 693. The van der Waals surface area contributed by atoms with E-state index in [9.17, 15) is 4.79 Å². The number of pyridine rings is 1. The highest BCUT2D eigenvalue weighted by atomic mass is 79.9. The number of carbonyl (C=O) groups excluding carboxylic acids is 1. The Morgan fingerprint density at radius 1 is 1.30 bits per heavy atom. The van der Waals surface area contributed by atoms with E-state index in [0.717, 1.165) is 65.8 Å². The first-order chi connectivity index (χ1) is 11.0. The number of aryl methyl sites for hydroxylation is 2. The topological polar surface area (TPSA) is 37.6 Å². The number of amides is 1. The number of rotatable bonds is 7. The molecule has 0 aliphatic carbocycles. The summed E-state index contributed by atoms with van der Waals surface area (Å²) in [6.07, 6.45) is 5.87. The van der Waals surface area contributed by atoms with Crippen LogP contribution in [-0.2, 0) is 6.42 Å². The van der Waals surface area contributed by atoms with E-state index in [4.69, 9.17) is 4.98 Å². The summed E-state index contributed by atoms with van der Waals surface area (Å²) >= 11 is 3.54. The van der Waals surface area contributed by atoms with E-state index in [1.807, 2.05) is 35.4 Å². The molecule has 0 N–H and O–H groups in total. The lowest BCUT2D eigenvalue weighted by Crippen LogP contribution is -2.33. The molecule has 2 aromatic heterocycles. The molecule has 0 fully saturated rings. The van der Waals surface area contributed by atoms with Gasteiger partial charge < -0.3 is 4.90 Å². The minimum absolute atomic E-state index is 0.0920. The van der Waals surface area contributed by atoms with Gasteiger partial charge in [-0.1, -0.05) is 26.7 Å². The van der Waals surface area contributed by atoms with Crippen molar-refractivity contribution in [2.45, 2.75) is 53.4 Å². The van der Waals surface area contributed by atoms with Crippen molar-refractivity contribution in [2.24, 2.45) is 0 Å². The van der Waals surface area contributed by atoms with Crippen LogP contribution in [0.15, 0.2) is 16.7 Å². The maximum atomic E-state index is 13.1. The molecule has 0 radical (unpaired) electrons. The van der Waals surface area contributed by atoms with Crippen LogP contribution in [0, 0.1) is 6.92 Å². The number of unbranched alkanes of at least 4 members (excludes halogenated alkanes) is 1. The van der Waals surface area contributed by atoms with Gasteiger partial charge in [0.15, 0.2) is 0 Å². The molecule has 5 heteroatoms. The van der Waals surface area contributed by atoms with Crippen molar-refractivity contribution in [1.29, 1.82) is 0 Å². The van der Waals surface area contributed by atoms with Crippen LogP contribution >= 0.6 is 15.9 Å². The maximum Gasteiger partial charge on any atom is 0.272 e. The largest absolute Gasteiger partial charge is 0.338 e. The number of fused-ring (bicyclic) bond motifs is 1. The lowest BCUT2D eigenvalue weighted by Gasteiger charge is -2.21. The first-order valence-corrected chi connectivity index (χ1v) is 9.29. The Hall–Kier alpha value is -1.36. The molecule has 23 heavy (non-hydrogen) atoms. The molecule has 0 spiro atoms. The Morgan fingerprint density at radius 3 is 2.65 bits per heavy atom. The first-order valence-electron chi connectivity index (χ1n) is 8.49. The minimum atomic E-state index is 0.0920. The molecule has 4 nitrogen and oxygen atoms in total. The molecule has 2 heterocycles. The van der Waals surface area contributed by atoms with Crippen LogP contribution in [0.25, 0.3) is 5.65 Å². The van der Waals surface area contributed by atoms with E-state index in [0.29, 0.717) is 0 Å². The normalized spacial score (nSPS) is 11.2. The van der Waals surface area contributed by atoms with Gasteiger partial charge in [-0.15, -0.1) is 0 Å². The second-order valence-corrected chi connectivity index (χ2v) is 6.85. The molecule has 2 rings (SSSR count). The summed E-state index contributed by atoms with van der Waals surface area (Å²) in [5.74, 6) is 0.0920. The molecule has 0 saturated carbocycles. The summed E-state index contributed by atoms with van der Waals surface area (Å²) in [4.78, 5) is 19.8. The summed E-state index contributed by atoms with van der Waals surface area (Å²) < 4.78 is 2.93. The fraction of sp³-hybridized carbons (Fsp3) is 0.556. The molecule has 126 valence electrons. The summed E-state index contributed by atoms with van der Waals surface area (Å²) in [6, 6.07) is 2.04. The van der Waals surface area contributed by atoms with Crippen LogP contribution in [0.3, 0.4) is 0 Å². The summed E-state index contributed by atoms with van der Waals surface area (Å²) in [5, 5.41) is 0. The number of aromatic nitrogens is 2. The van der Waals surface area contributed by atoms with Crippen LogP contribution in [0.2, 0.25) is 0 Å². The van der Waals surface area contributed by atoms with E-state index in [1.165, 1.54) is 0 Å². The number of hydrogen-bond donors (Lipinski definition) is 0. The van der Waals surface area contributed by atoms with E-state index in [2.05, 4.69) is 29.8 Å². The molecular formula is C18H26BrN3O. The van der Waals surface area contributed by atoms with Gasteiger partial charge in [-0.25, -0.2) is 4.98 Å². The lowest BCUT2D eigenvalue weighted by molar-refractivity contribution is 0.0754. The first kappa shape index (κ1) is 18.0. The second kappa shape index (κ2) is 7.95. The third-order valence-corrected chi connectivity index (χ3v) is 4.52. The van der Waals surface area contributed by atoms with Crippen molar-refractivity contribution < 1.29 is 4.79 Å². The molecule has 0 saturated heterocycles. The van der Waals surface area contributed by atoms with Gasteiger partial charge in [0.2, 0.25) is 0 Å². The van der Waals surface area contributed by atoms with Gasteiger partial charge in [0, 0.05) is 23.8 Å². The summed E-state index contributed by atoms with van der Waals surface area (Å²) in [7, 11) is 0. The van der Waals surface area contributed by atoms with Gasteiger partial charge in [-0.05, 0) is 54.2 Å². The van der Waals surface area contributed by atoms with Crippen molar-refractivity contribution in [3.05, 3.63) is 33.7 Å². The molecule has 0 bridgehead atoms. The molecule has 2 aromatic rings. The second-order valence-electron chi connectivity index (χ2n) is 5.93. The summed E-state index contributed by atoms with van der Waals surface area (Å²) in [5.41, 5.74) is 3.59. The molecular weight excluding hydrogens is 354 g/mol. The highest BCUT2D eigenvalue weighted by molar-refractivity contribution is 9.10. The number of hydrogen-bond acceptors (Lipinski definition) is 2. The van der Waals surface area contributed by atoms with Crippen LogP contribution < -0.4 is 0 Å². The van der Waals surface area contributed by atoms with Gasteiger partial charge in [-0.3, -0.25) is 9.20 Å². The van der Waals surface area contributed by atoms with Crippen LogP contribution in [0.4, 0.5) is 0 Å².